The first-order valence-corrected chi connectivity index (χ1v) is 9.61. The summed E-state index contributed by atoms with van der Waals surface area (Å²) in [7, 11) is 0. The molecule has 0 aliphatic rings. The Hall–Kier alpha value is -1.84. The second-order valence-electron chi connectivity index (χ2n) is 6.38. The van der Waals surface area contributed by atoms with Gasteiger partial charge < -0.3 is 9.47 Å². The Kier molecular flexibility index (Phi) is 10.6. The topological polar surface area (TPSA) is 52.6 Å². The summed E-state index contributed by atoms with van der Waals surface area (Å²) in [4.78, 5) is 23.4. The Morgan fingerprint density at radius 3 is 1.96 bits per heavy atom. The lowest BCUT2D eigenvalue weighted by Crippen LogP contribution is -2.11. The van der Waals surface area contributed by atoms with Gasteiger partial charge in [0.15, 0.2) is 11.5 Å². The molecule has 4 heteroatoms. The molecule has 0 fully saturated rings. The van der Waals surface area contributed by atoms with Crippen LogP contribution in [-0.2, 0) is 9.59 Å². The third-order valence-corrected chi connectivity index (χ3v) is 4.48. The number of para-hydroxylation sites is 2. The maximum Gasteiger partial charge on any atom is 0.311 e. The van der Waals surface area contributed by atoms with Crippen LogP contribution in [0.3, 0.4) is 0 Å². The smallest absolute Gasteiger partial charge is 0.311 e. The summed E-state index contributed by atoms with van der Waals surface area (Å²) in [6.07, 6.45) is 8.73. The van der Waals surface area contributed by atoms with E-state index in [9.17, 15) is 9.59 Å². The Morgan fingerprint density at radius 1 is 0.840 bits per heavy atom. The van der Waals surface area contributed by atoms with Crippen LogP contribution in [-0.4, -0.2) is 11.9 Å². The zero-order valence-electron chi connectivity index (χ0n) is 15.9. The highest BCUT2D eigenvalue weighted by Gasteiger charge is 2.12. The minimum Gasteiger partial charge on any atom is -0.423 e. The average Bonchev–Trinajstić information content (AvgIpc) is 2.62. The molecule has 4 nitrogen and oxygen atoms in total. The lowest BCUT2D eigenvalue weighted by Gasteiger charge is -2.11. The molecular formula is C21H32O4. The van der Waals surface area contributed by atoms with Gasteiger partial charge in [-0.3, -0.25) is 9.59 Å². The molecule has 0 amide bonds. The molecule has 1 aromatic rings. The molecule has 0 aromatic heterocycles. The summed E-state index contributed by atoms with van der Waals surface area (Å²) in [6.45, 7) is 6.22. The van der Waals surface area contributed by atoms with E-state index in [2.05, 4.69) is 13.8 Å². The van der Waals surface area contributed by atoms with Gasteiger partial charge in [-0.2, -0.15) is 0 Å². The second kappa shape index (κ2) is 12.5. The van der Waals surface area contributed by atoms with Gasteiger partial charge in [0.25, 0.3) is 0 Å². The van der Waals surface area contributed by atoms with Gasteiger partial charge in [0.05, 0.1) is 0 Å². The number of esters is 2. The summed E-state index contributed by atoms with van der Waals surface area (Å²) in [5, 5.41) is 0. The average molecular weight is 348 g/mol. The van der Waals surface area contributed by atoms with Crippen molar-refractivity contribution in [1.29, 1.82) is 0 Å². The van der Waals surface area contributed by atoms with Crippen molar-refractivity contribution in [2.45, 2.75) is 78.6 Å². The van der Waals surface area contributed by atoms with Crippen molar-refractivity contribution in [1.82, 2.24) is 0 Å². The Balaban J connectivity index is 2.30. The first kappa shape index (κ1) is 21.2. The van der Waals surface area contributed by atoms with Crippen molar-refractivity contribution in [2.24, 2.45) is 5.92 Å². The molecule has 0 saturated carbocycles. The summed E-state index contributed by atoms with van der Waals surface area (Å²) >= 11 is 0. The number of carbonyl (C=O) groups excluding carboxylic acids is 2. The van der Waals surface area contributed by atoms with Crippen LogP contribution in [0.25, 0.3) is 0 Å². The van der Waals surface area contributed by atoms with E-state index in [0.29, 0.717) is 17.9 Å². The van der Waals surface area contributed by atoms with Crippen LogP contribution in [0.1, 0.15) is 78.6 Å². The van der Waals surface area contributed by atoms with E-state index in [1.807, 2.05) is 0 Å². The summed E-state index contributed by atoms with van der Waals surface area (Å²) in [5.74, 6) is 0.823. The van der Waals surface area contributed by atoms with E-state index < -0.39 is 0 Å². The number of rotatable bonds is 12. The fourth-order valence-electron chi connectivity index (χ4n) is 2.74. The van der Waals surface area contributed by atoms with Gasteiger partial charge in [-0.1, -0.05) is 71.4 Å². The van der Waals surface area contributed by atoms with E-state index in [1.165, 1.54) is 25.7 Å². The monoisotopic (exact) mass is 348 g/mol. The molecular weight excluding hydrogens is 316 g/mol. The van der Waals surface area contributed by atoms with Crippen LogP contribution in [0.15, 0.2) is 24.3 Å². The molecule has 0 bridgehead atoms. The fourth-order valence-corrected chi connectivity index (χ4v) is 2.74. The van der Waals surface area contributed by atoms with Crippen LogP contribution >= 0.6 is 0 Å². The molecule has 0 atom stereocenters. The molecule has 140 valence electrons. The Bertz CT molecular complexity index is 520. The second-order valence-corrected chi connectivity index (χ2v) is 6.38. The quantitative estimate of drug-likeness (QED) is 0.277. The Labute approximate surface area is 151 Å². The van der Waals surface area contributed by atoms with Gasteiger partial charge in [0, 0.05) is 12.8 Å². The highest BCUT2D eigenvalue weighted by molar-refractivity contribution is 5.75. The Morgan fingerprint density at radius 2 is 1.40 bits per heavy atom. The SMILES string of the molecule is CCC(=O)Oc1ccccc1OC(=O)CCCCCCC(CC)CC. The maximum absolute atomic E-state index is 12.0. The first-order valence-electron chi connectivity index (χ1n) is 9.61. The fraction of sp³-hybridized carbons (Fsp3) is 0.619. The van der Waals surface area contributed by atoms with E-state index in [-0.39, 0.29) is 18.4 Å². The van der Waals surface area contributed by atoms with Gasteiger partial charge in [-0.15, -0.1) is 0 Å². The first-order chi connectivity index (χ1) is 12.1. The summed E-state index contributed by atoms with van der Waals surface area (Å²) < 4.78 is 10.5. The van der Waals surface area contributed by atoms with E-state index in [1.54, 1.807) is 31.2 Å². The molecule has 25 heavy (non-hydrogen) atoms. The molecule has 0 aliphatic heterocycles. The van der Waals surface area contributed by atoms with Gasteiger partial charge in [-0.05, 0) is 24.5 Å². The standard InChI is InChI=1S/C21H32O4/c1-4-17(5-2)13-9-7-8-10-16-21(23)25-19-15-12-11-14-18(19)24-20(22)6-3/h11-12,14-15,17H,4-10,13,16H2,1-3H3. The summed E-state index contributed by atoms with van der Waals surface area (Å²) in [6, 6.07) is 6.78. The molecule has 0 unspecified atom stereocenters. The predicted octanol–water partition coefficient (Wildman–Crippen LogP) is 5.68. The molecule has 0 radical (unpaired) electrons. The number of hydrogen-bond acceptors (Lipinski definition) is 4. The molecule has 0 aliphatic carbocycles. The van der Waals surface area contributed by atoms with Crippen molar-refractivity contribution in [3.63, 3.8) is 0 Å². The zero-order valence-corrected chi connectivity index (χ0v) is 15.9. The van der Waals surface area contributed by atoms with Crippen LogP contribution in [0, 0.1) is 5.92 Å². The van der Waals surface area contributed by atoms with E-state index >= 15 is 0 Å². The van der Waals surface area contributed by atoms with Crippen molar-refractivity contribution in [3.05, 3.63) is 24.3 Å². The highest BCUT2D eigenvalue weighted by atomic mass is 16.6. The van der Waals surface area contributed by atoms with Gasteiger partial charge >= 0.3 is 11.9 Å². The zero-order chi connectivity index (χ0) is 18.5. The third kappa shape index (κ3) is 8.71. The third-order valence-electron chi connectivity index (χ3n) is 4.48. The van der Waals surface area contributed by atoms with Gasteiger partial charge in [-0.25, -0.2) is 0 Å². The number of benzene rings is 1. The molecule has 1 rings (SSSR count). The van der Waals surface area contributed by atoms with Crippen LogP contribution in [0.2, 0.25) is 0 Å². The number of unbranched alkanes of at least 4 members (excludes halogenated alkanes) is 3. The van der Waals surface area contributed by atoms with Crippen molar-refractivity contribution >= 4 is 11.9 Å². The van der Waals surface area contributed by atoms with Crippen molar-refractivity contribution in [3.8, 4) is 11.5 Å². The van der Waals surface area contributed by atoms with Crippen LogP contribution in [0.5, 0.6) is 11.5 Å². The number of carbonyl (C=O) groups is 2. The van der Waals surface area contributed by atoms with E-state index in [0.717, 1.165) is 25.2 Å². The summed E-state index contributed by atoms with van der Waals surface area (Å²) in [5.41, 5.74) is 0. The largest absolute Gasteiger partial charge is 0.423 e. The van der Waals surface area contributed by atoms with Crippen LogP contribution in [0.4, 0.5) is 0 Å². The van der Waals surface area contributed by atoms with Gasteiger partial charge in [0.1, 0.15) is 0 Å². The lowest BCUT2D eigenvalue weighted by atomic mass is 9.96. The number of hydrogen-bond donors (Lipinski definition) is 0. The predicted molar refractivity (Wildman–Crippen MR) is 99.8 cm³/mol. The van der Waals surface area contributed by atoms with Crippen molar-refractivity contribution in [2.75, 3.05) is 0 Å². The normalized spacial score (nSPS) is 10.7. The molecule has 0 N–H and O–H groups in total. The van der Waals surface area contributed by atoms with Crippen molar-refractivity contribution < 1.29 is 19.1 Å². The maximum atomic E-state index is 12.0. The molecule has 0 heterocycles. The molecule has 0 spiro atoms. The lowest BCUT2D eigenvalue weighted by molar-refractivity contribution is -0.137. The highest BCUT2D eigenvalue weighted by Crippen LogP contribution is 2.27. The van der Waals surface area contributed by atoms with Crippen LogP contribution < -0.4 is 9.47 Å². The van der Waals surface area contributed by atoms with Gasteiger partial charge in [0.2, 0.25) is 0 Å². The number of ether oxygens (including phenoxy) is 2. The minimum absolute atomic E-state index is 0.277. The van der Waals surface area contributed by atoms with E-state index in [4.69, 9.17) is 9.47 Å². The minimum atomic E-state index is -0.346. The molecule has 0 saturated heterocycles. The molecule has 1 aromatic carbocycles.